The summed E-state index contributed by atoms with van der Waals surface area (Å²) in [4.78, 5) is 10.7. The predicted octanol–water partition coefficient (Wildman–Crippen LogP) is -0.659. The largest absolute Gasteiger partial charge is 0.395 e. The molecule has 0 aliphatic rings. The highest BCUT2D eigenvalue weighted by Gasteiger charge is 2.34. The van der Waals surface area contributed by atoms with Gasteiger partial charge in [0.25, 0.3) is 5.97 Å². The first-order valence-electron chi connectivity index (χ1n) is 3.12. The molecule has 0 rings (SSSR count). The fourth-order valence-corrected chi connectivity index (χ4v) is 1.45. The van der Waals surface area contributed by atoms with Crippen molar-refractivity contribution < 1.29 is 24.3 Å². The Morgan fingerprint density at radius 3 is 2.08 bits per heavy atom. The first-order valence-corrected chi connectivity index (χ1v) is 4.38. The molecule has 0 unspecified atom stereocenters. The van der Waals surface area contributed by atoms with Gasteiger partial charge in [-0.3, -0.25) is 4.79 Å². The van der Waals surface area contributed by atoms with Crippen LogP contribution in [0, 0.1) is 0 Å². The minimum Gasteiger partial charge on any atom is -0.395 e. The second-order valence-corrected chi connectivity index (χ2v) is 4.82. The second-order valence-electron chi connectivity index (χ2n) is 2.57. The lowest BCUT2D eigenvalue weighted by molar-refractivity contribution is -0.314. The highest BCUT2D eigenvalue weighted by molar-refractivity contribution is 8.00. The van der Waals surface area contributed by atoms with Crippen molar-refractivity contribution in [3.63, 3.8) is 0 Å². The summed E-state index contributed by atoms with van der Waals surface area (Å²) in [6.07, 6.45) is -0.943. The Balaban J connectivity index is 4.16. The summed E-state index contributed by atoms with van der Waals surface area (Å²) in [6.45, 7) is 0. The topological polar surface area (TPSA) is 87.0 Å². The van der Waals surface area contributed by atoms with E-state index in [1.807, 2.05) is 0 Å². The van der Waals surface area contributed by atoms with E-state index < -0.39 is 22.4 Å². The van der Waals surface area contributed by atoms with E-state index in [9.17, 15) is 4.79 Å². The number of thiol groups is 3. The van der Waals surface area contributed by atoms with E-state index in [4.69, 9.17) is 15.3 Å². The highest BCUT2D eigenvalue weighted by Crippen LogP contribution is 2.32. The van der Waals surface area contributed by atoms with Crippen LogP contribution in [0.2, 0.25) is 0 Å². The lowest BCUT2D eigenvalue weighted by Gasteiger charge is -2.25. The summed E-state index contributed by atoms with van der Waals surface area (Å²) in [5, 5.41) is 25.7. The van der Waals surface area contributed by atoms with Crippen LogP contribution in [0.5, 0.6) is 0 Å². The van der Waals surface area contributed by atoms with Gasteiger partial charge < -0.3 is 19.5 Å². The van der Waals surface area contributed by atoms with E-state index in [0.29, 0.717) is 0 Å². The Bertz CT molecular complexity index is 187. The Morgan fingerprint density at radius 2 is 1.77 bits per heavy atom. The molecule has 3 N–H and O–H groups in total. The van der Waals surface area contributed by atoms with Crippen molar-refractivity contribution >= 4 is 44.1 Å². The lowest BCUT2D eigenvalue weighted by atomic mass is 10.2. The Hall–Kier alpha value is 0.400. The van der Waals surface area contributed by atoms with Crippen molar-refractivity contribution in [2.75, 3.05) is 0 Å². The minimum atomic E-state index is -2.92. The molecule has 0 aromatic rings. The molecule has 0 bridgehead atoms. The van der Waals surface area contributed by atoms with Crippen molar-refractivity contribution in [3.05, 3.63) is 0 Å². The first-order chi connectivity index (χ1) is 5.66. The first kappa shape index (κ1) is 13.4. The van der Waals surface area contributed by atoms with Crippen molar-refractivity contribution in [1.29, 1.82) is 0 Å². The molecule has 5 nitrogen and oxygen atoms in total. The zero-order valence-electron chi connectivity index (χ0n) is 6.41. The SMILES string of the molecule is O=C(CC(S)(S)CC(O)(O)O)OS. The van der Waals surface area contributed by atoms with Crippen LogP contribution >= 0.6 is 38.2 Å². The van der Waals surface area contributed by atoms with Crippen LogP contribution in [0.15, 0.2) is 0 Å². The standard InChI is InChI=1S/C5H10O5S3/c6-3(10-13)1-4(11,12)2-5(7,8)9/h7-9,11-13H,1-2H2. The summed E-state index contributed by atoms with van der Waals surface area (Å²) in [6, 6.07) is 0. The van der Waals surface area contributed by atoms with E-state index in [2.05, 4.69) is 42.4 Å². The smallest absolute Gasteiger partial charge is 0.319 e. The third kappa shape index (κ3) is 7.47. The summed E-state index contributed by atoms with van der Waals surface area (Å²) >= 11 is 10.9. The van der Waals surface area contributed by atoms with E-state index in [1.165, 1.54) is 0 Å². The van der Waals surface area contributed by atoms with Crippen LogP contribution in [0.25, 0.3) is 0 Å². The van der Waals surface area contributed by atoms with Crippen LogP contribution < -0.4 is 0 Å². The van der Waals surface area contributed by atoms with Crippen LogP contribution in [0.3, 0.4) is 0 Å². The number of aliphatic hydroxyl groups is 3. The molecule has 13 heavy (non-hydrogen) atoms. The van der Waals surface area contributed by atoms with E-state index in [1.54, 1.807) is 0 Å². The molecular weight excluding hydrogens is 236 g/mol. The van der Waals surface area contributed by atoms with Gasteiger partial charge in [-0.2, -0.15) is 25.3 Å². The molecule has 8 heteroatoms. The Kier molecular flexibility index (Phi) is 4.91. The van der Waals surface area contributed by atoms with Crippen molar-refractivity contribution in [3.8, 4) is 0 Å². The number of hydrogen-bond donors (Lipinski definition) is 6. The van der Waals surface area contributed by atoms with Gasteiger partial charge in [0.05, 0.1) is 16.9 Å². The zero-order chi connectivity index (χ0) is 10.7. The van der Waals surface area contributed by atoms with Gasteiger partial charge in [0.15, 0.2) is 0 Å². The van der Waals surface area contributed by atoms with Gasteiger partial charge in [0.1, 0.15) is 0 Å². The van der Waals surface area contributed by atoms with E-state index in [0.717, 1.165) is 0 Å². The fraction of sp³-hybridized carbons (Fsp3) is 0.800. The van der Waals surface area contributed by atoms with Crippen molar-refractivity contribution in [2.45, 2.75) is 22.9 Å². The van der Waals surface area contributed by atoms with Gasteiger partial charge in [-0.05, 0) is 0 Å². The van der Waals surface area contributed by atoms with Crippen LogP contribution in [-0.2, 0) is 8.98 Å². The monoisotopic (exact) mass is 246 g/mol. The number of rotatable bonds is 4. The summed E-state index contributed by atoms with van der Waals surface area (Å²) < 4.78 is 2.64. The molecule has 0 saturated heterocycles. The summed E-state index contributed by atoms with van der Waals surface area (Å²) in [5.41, 5.74) is 0. The maximum absolute atomic E-state index is 10.7. The third-order valence-corrected chi connectivity index (χ3v) is 1.89. The molecule has 0 radical (unpaired) electrons. The minimum absolute atomic E-state index is 0.327. The maximum atomic E-state index is 10.7. The quantitative estimate of drug-likeness (QED) is 0.225. The predicted molar refractivity (Wildman–Crippen MR) is 54.4 cm³/mol. The zero-order valence-corrected chi connectivity index (χ0v) is 9.10. The van der Waals surface area contributed by atoms with Crippen molar-refractivity contribution in [1.82, 2.24) is 0 Å². The molecule has 0 heterocycles. The number of carbonyl (C=O) groups excluding carboxylic acids is 1. The lowest BCUT2D eigenvalue weighted by Crippen LogP contribution is -2.36. The average molecular weight is 246 g/mol. The normalized spacial score (nSPS) is 12.8. The van der Waals surface area contributed by atoms with E-state index >= 15 is 0 Å². The van der Waals surface area contributed by atoms with Crippen LogP contribution in [0.4, 0.5) is 0 Å². The average Bonchev–Trinajstić information content (AvgIpc) is 1.80. The third-order valence-electron chi connectivity index (χ3n) is 1.05. The van der Waals surface area contributed by atoms with Crippen LogP contribution in [0.1, 0.15) is 12.8 Å². The van der Waals surface area contributed by atoms with Gasteiger partial charge in [-0.1, -0.05) is 0 Å². The number of hydrogen-bond acceptors (Lipinski definition) is 8. The summed E-state index contributed by atoms with van der Waals surface area (Å²) in [7, 11) is 0. The van der Waals surface area contributed by atoms with Gasteiger partial charge in [-0.25, -0.2) is 0 Å². The maximum Gasteiger partial charge on any atom is 0.319 e. The Labute approximate surface area is 91.5 Å². The fourth-order valence-electron chi connectivity index (χ4n) is 0.706. The van der Waals surface area contributed by atoms with Gasteiger partial charge in [0.2, 0.25) is 0 Å². The molecule has 0 saturated carbocycles. The molecule has 0 aliphatic heterocycles. The van der Waals surface area contributed by atoms with Gasteiger partial charge in [0, 0.05) is 12.9 Å². The van der Waals surface area contributed by atoms with Gasteiger partial charge >= 0.3 is 5.97 Å². The second kappa shape index (κ2) is 4.76. The molecule has 0 aliphatic carbocycles. The highest BCUT2D eigenvalue weighted by atomic mass is 32.2. The molecule has 78 valence electrons. The molecule has 0 spiro atoms. The van der Waals surface area contributed by atoms with Gasteiger partial charge in [-0.15, -0.1) is 0 Å². The molecule has 0 amide bonds. The number of carbonyl (C=O) groups is 1. The van der Waals surface area contributed by atoms with E-state index in [-0.39, 0.29) is 6.42 Å². The molecule has 0 aromatic carbocycles. The molecule has 0 fully saturated rings. The molecular formula is C5H10O5S3. The Morgan fingerprint density at radius 1 is 1.31 bits per heavy atom. The van der Waals surface area contributed by atoms with Crippen molar-refractivity contribution in [2.24, 2.45) is 0 Å². The molecule has 0 atom stereocenters. The van der Waals surface area contributed by atoms with Crippen LogP contribution in [-0.4, -0.2) is 31.3 Å². The summed E-state index contributed by atoms with van der Waals surface area (Å²) in [5.74, 6) is -3.65. The molecule has 0 aromatic heterocycles.